The molecule has 3 aromatic rings. The summed E-state index contributed by atoms with van der Waals surface area (Å²) >= 11 is 0. The van der Waals surface area contributed by atoms with Crippen LogP contribution < -0.4 is 14.8 Å². The minimum Gasteiger partial charge on any atom is -0.459 e. The first-order valence-electron chi connectivity index (χ1n) is 21.5. The lowest BCUT2D eigenvalue weighted by Crippen LogP contribution is -2.70. The number of benzene rings is 3. The molecular weight excluding hydrogens is 793 g/mol. The molecule has 1 saturated carbocycles. The SMILES string of the molecule is C=CCOC12Oc3ccc(OC(=O)NCc4ccccc4)cc3C3C(CCCCO)C(CCCCO)C=C(C(=NOC)CC1N(CCC)C(=O)C=Cc1ccc([N+](=O)[O-])cc1)C32. The van der Waals surface area contributed by atoms with Gasteiger partial charge in [-0.3, -0.25) is 14.9 Å². The van der Waals surface area contributed by atoms with Crippen molar-refractivity contribution in [1.82, 2.24) is 10.2 Å². The third-order valence-corrected chi connectivity index (χ3v) is 12.0. The summed E-state index contributed by atoms with van der Waals surface area (Å²) in [5, 5.41) is 38.5. The highest BCUT2D eigenvalue weighted by molar-refractivity contribution is 6.03. The Kier molecular flexibility index (Phi) is 16.1. The molecule has 2 aliphatic carbocycles. The number of oxime groups is 1. The molecule has 1 heterocycles. The minimum absolute atomic E-state index is 0.0228. The standard InChI is InChI=1S/C48H58N4O10/c1-4-25-51(44(55)24-19-33-17-20-36(21-18-33)52(57)58)43-31-41(50-59-3)39-29-35(15-9-11-26-53)38(16-10-12-27-54)45-40-30-37(61-47(56)49-32-34-13-7-6-8-14-34)22-23-42(40)62-48(43,46(39)45)60-28-5-2/h5-8,13-14,17-24,29-30,35,38,43,45-46,53-54H,2,4,9-12,15-16,25-28,31-32H2,1,3H3,(H,49,56). The zero-order valence-electron chi connectivity index (χ0n) is 35.5. The van der Waals surface area contributed by atoms with E-state index in [1.807, 2.05) is 43.3 Å². The maximum absolute atomic E-state index is 14.6. The van der Waals surface area contributed by atoms with Gasteiger partial charge in [-0.1, -0.05) is 67.4 Å². The van der Waals surface area contributed by atoms with Crippen molar-refractivity contribution in [3.05, 3.63) is 130 Å². The van der Waals surface area contributed by atoms with Crippen molar-refractivity contribution < 1.29 is 43.8 Å². The lowest BCUT2D eigenvalue weighted by Gasteiger charge is -2.60. The van der Waals surface area contributed by atoms with Crippen molar-refractivity contribution in [3.63, 3.8) is 0 Å². The minimum atomic E-state index is -1.46. The van der Waals surface area contributed by atoms with Crippen LogP contribution in [0.25, 0.3) is 6.08 Å². The van der Waals surface area contributed by atoms with E-state index < -0.39 is 28.8 Å². The number of carbonyl (C=O) groups is 2. The van der Waals surface area contributed by atoms with Crippen LogP contribution in [-0.4, -0.2) is 83.1 Å². The number of nitro groups is 1. The van der Waals surface area contributed by atoms with Crippen molar-refractivity contribution in [2.24, 2.45) is 22.9 Å². The fraction of sp³-hybridized carbons (Fsp3) is 0.438. The Hall–Kier alpha value is -5.83. The average Bonchev–Trinajstić information content (AvgIpc) is 3.28. The number of nitrogens with zero attached hydrogens (tertiary/aromatic N) is 3. The predicted molar refractivity (Wildman–Crippen MR) is 235 cm³/mol. The molecule has 6 rings (SSSR count). The maximum atomic E-state index is 14.6. The Bertz CT molecular complexity index is 2110. The zero-order chi connectivity index (χ0) is 44.1. The first-order valence-corrected chi connectivity index (χ1v) is 21.5. The number of fused-ring (bicyclic) bond motifs is 2. The lowest BCUT2D eigenvalue weighted by molar-refractivity contribution is -0.384. The zero-order valence-corrected chi connectivity index (χ0v) is 35.5. The summed E-state index contributed by atoms with van der Waals surface area (Å²) in [6.45, 7) is 6.83. The number of non-ortho nitro benzene ring substituents is 1. The van der Waals surface area contributed by atoms with Crippen LogP contribution in [0.1, 0.15) is 80.9 Å². The highest BCUT2D eigenvalue weighted by Gasteiger charge is 2.65. The second-order valence-electron chi connectivity index (χ2n) is 15.9. The van der Waals surface area contributed by atoms with Crippen LogP contribution in [-0.2, 0) is 20.9 Å². The summed E-state index contributed by atoms with van der Waals surface area (Å²) in [5.41, 5.74) is 3.85. The van der Waals surface area contributed by atoms with Crippen LogP contribution in [0.5, 0.6) is 11.5 Å². The molecule has 14 heteroatoms. The van der Waals surface area contributed by atoms with E-state index in [1.165, 1.54) is 25.3 Å². The van der Waals surface area contributed by atoms with Crippen LogP contribution in [0.3, 0.4) is 0 Å². The van der Waals surface area contributed by atoms with Crippen LogP contribution in [0, 0.1) is 27.9 Å². The summed E-state index contributed by atoms with van der Waals surface area (Å²) in [6.07, 6.45) is 11.6. The Labute approximate surface area is 363 Å². The lowest BCUT2D eigenvalue weighted by atomic mass is 9.55. The maximum Gasteiger partial charge on any atom is 0.412 e. The Morgan fingerprint density at radius 1 is 1.05 bits per heavy atom. The number of allylic oxidation sites excluding steroid dienone is 1. The van der Waals surface area contributed by atoms with Gasteiger partial charge >= 0.3 is 6.09 Å². The topological polar surface area (TPSA) is 182 Å². The average molecular weight is 851 g/mol. The number of hydrogen-bond acceptors (Lipinski definition) is 11. The number of rotatable bonds is 21. The number of nitro benzene ring substituents is 1. The van der Waals surface area contributed by atoms with Gasteiger partial charge in [0.15, 0.2) is 0 Å². The number of ether oxygens (including phenoxy) is 3. The molecule has 3 N–H and O–H groups in total. The van der Waals surface area contributed by atoms with Gasteiger partial charge in [0.2, 0.25) is 11.7 Å². The largest absolute Gasteiger partial charge is 0.459 e. The Morgan fingerprint density at radius 3 is 2.47 bits per heavy atom. The van der Waals surface area contributed by atoms with E-state index in [0.717, 1.165) is 42.4 Å². The Morgan fingerprint density at radius 2 is 1.79 bits per heavy atom. The van der Waals surface area contributed by atoms with Gasteiger partial charge in [-0.25, -0.2) is 4.79 Å². The van der Waals surface area contributed by atoms with E-state index in [-0.39, 0.29) is 62.1 Å². The van der Waals surface area contributed by atoms with E-state index in [2.05, 4.69) is 23.1 Å². The highest BCUT2D eigenvalue weighted by Crippen LogP contribution is 2.62. The van der Waals surface area contributed by atoms with Gasteiger partial charge in [0.25, 0.3) is 5.69 Å². The van der Waals surface area contributed by atoms with Gasteiger partial charge < -0.3 is 39.5 Å². The molecule has 330 valence electrons. The first kappa shape index (κ1) is 45.7. The third-order valence-electron chi connectivity index (χ3n) is 12.0. The summed E-state index contributed by atoms with van der Waals surface area (Å²) in [7, 11) is 1.50. The van der Waals surface area contributed by atoms with Gasteiger partial charge in [-0.2, -0.15) is 0 Å². The number of hydrogen-bond donors (Lipinski definition) is 3. The molecule has 1 aliphatic heterocycles. The molecule has 2 amide bonds. The molecule has 0 spiro atoms. The van der Waals surface area contributed by atoms with Crippen LogP contribution >= 0.6 is 0 Å². The molecule has 6 atom stereocenters. The number of carbonyl (C=O) groups excluding carboxylic acids is 2. The second-order valence-corrected chi connectivity index (χ2v) is 15.9. The van der Waals surface area contributed by atoms with Gasteiger partial charge in [0, 0.05) is 62.4 Å². The second kappa shape index (κ2) is 21.8. The molecule has 1 fully saturated rings. The molecule has 0 radical (unpaired) electrons. The van der Waals surface area contributed by atoms with Crippen molar-refractivity contribution in [1.29, 1.82) is 0 Å². The van der Waals surface area contributed by atoms with E-state index >= 15 is 0 Å². The summed E-state index contributed by atoms with van der Waals surface area (Å²) in [4.78, 5) is 45.9. The first-order chi connectivity index (χ1) is 30.2. The fourth-order valence-electron chi connectivity index (χ4n) is 9.37. The van der Waals surface area contributed by atoms with Crippen molar-refractivity contribution in [2.45, 2.75) is 82.6 Å². The van der Waals surface area contributed by atoms with E-state index in [0.29, 0.717) is 48.6 Å². The number of unbranched alkanes of at least 4 members (excludes halogenated alkanes) is 2. The van der Waals surface area contributed by atoms with Crippen LogP contribution in [0.2, 0.25) is 0 Å². The smallest absolute Gasteiger partial charge is 0.412 e. The molecule has 62 heavy (non-hydrogen) atoms. The molecular formula is C48H58N4O10. The van der Waals surface area contributed by atoms with E-state index in [1.54, 1.807) is 41.3 Å². The molecule has 3 aliphatic rings. The fourth-order valence-corrected chi connectivity index (χ4v) is 9.37. The van der Waals surface area contributed by atoms with Gasteiger partial charge in [0.05, 0.1) is 23.2 Å². The van der Waals surface area contributed by atoms with Gasteiger partial charge in [0.1, 0.15) is 24.7 Å². The molecule has 0 saturated heterocycles. The monoisotopic (exact) mass is 850 g/mol. The molecule has 3 aromatic carbocycles. The van der Waals surface area contributed by atoms with Gasteiger partial charge in [-0.15, -0.1) is 6.58 Å². The molecule has 6 unspecified atom stereocenters. The van der Waals surface area contributed by atoms with Gasteiger partial charge in [-0.05, 0) is 97.0 Å². The van der Waals surface area contributed by atoms with Crippen molar-refractivity contribution >= 4 is 29.5 Å². The summed E-state index contributed by atoms with van der Waals surface area (Å²) in [5.74, 6) is -1.76. The van der Waals surface area contributed by atoms with Crippen LogP contribution in [0.15, 0.2) is 108 Å². The predicted octanol–water partition coefficient (Wildman–Crippen LogP) is 8.10. The van der Waals surface area contributed by atoms with E-state index in [9.17, 15) is 29.9 Å². The quantitative estimate of drug-likeness (QED) is 0.0311. The normalized spacial score (nSPS) is 23.1. The van der Waals surface area contributed by atoms with Crippen molar-refractivity contribution in [2.75, 3.05) is 33.5 Å². The van der Waals surface area contributed by atoms with Crippen molar-refractivity contribution in [3.8, 4) is 11.5 Å². The summed E-state index contributed by atoms with van der Waals surface area (Å²) in [6, 6.07) is 20.2. The summed E-state index contributed by atoms with van der Waals surface area (Å²) < 4.78 is 20.1. The van der Waals surface area contributed by atoms with E-state index in [4.69, 9.17) is 19.0 Å². The molecule has 14 nitrogen and oxygen atoms in total. The third kappa shape index (κ3) is 10.4. The molecule has 0 bridgehead atoms. The number of amides is 2. The highest BCUT2D eigenvalue weighted by atomic mass is 16.7. The van der Waals surface area contributed by atoms with Crippen LogP contribution in [0.4, 0.5) is 10.5 Å². The number of aliphatic hydroxyl groups excluding tert-OH is 2. The number of aliphatic hydroxyl groups is 2. The number of nitrogens with one attached hydrogen (secondary N) is 1. The molecule has 0 aromatic heterocycles. The Balaban J connectivity index is 1.49.